The van der Waals surface area contributed by atoms with E-state index in [1.807, 2.05) is 13.0 Å². The molecule has 0 saturated heterocycles. The van der Waals surface area contributed by atoms with E-state index < -0.39 is 5.23 Å². The van der Waals surface area contributed by atoms with Crippen LogP contribution in [-0.4, -0.2) is 5.21 Å². The van der Waals surface area contributed by atoms with Gasteiger partial charge in [-0.2, -0.15) is 5.23 Å². The van der Waals surface area contributed by atoms with E-state index in [0.717, 1.165) is 5.56 Å². The van der Waals surface area contributed by atoms with E-state index in [-0.39, 0.29) is 0 Å². The van der Waals surface area contributed by atoms with Crippen molar-refractivity contribution in [2.24, 2.45) is 0 Å². The molecular weight excluding hydrogens is 210 g/mol. The average Bonchev–Trinajstić information content (AvgIpc) is 1.94. The van der Waals surface area contributed by atoms with Crippen LogP contribution >= 0.6 is 15.9 Å². The van der Waals surface area contributed by atoms with Crippen LogP contribution in [0.4, 0.5) is 5.69 Å². The molecule has 0 spiro atoms. The van der Waals surface area contributed by atoms with Crippen molar-refractivity contribution in [3.63, 3.8) is 0 Å². The van der Waals surface area contributed by atoms with E-state index in [2.05, 4.69) is 15.9 Å². The first-order valence-electron chi connectivity index (χ1n) is 3.10. The Morgan fingerprint density at radius 3 is 2.64 bits per heavy atom. The van der Waals surface area contributed by atoms with Crippen LogP contribution in [0.1, 0.15) is 5.56 Å². The summed E-state index contributed by atoms with van der Waals surface area (Å²) < 4.78 is 0.621. The molecule has 0 heterocycles. The molecule has 1 rings (SSSR count). The van der Waals surface area contributed by atoms with Gasteiger partial charge in [0.2, 0.25) is 0 Å². The molecule has 0 aromatic heterocycles. The Bertz CT molecular complexity index is 263. The second kappa shape index (κ2) is 3.32. The number of quaternary nitrogens is 1. The van der Waals surface area contributed by atoms with E-state index >= 15 is 0 Å². The summed E-state index contributed by atoms with van der Waals surface area (Å²) in [5.74, 6) is 0. The Hall–Kier alpha value is -0.420. The van der Waals surface area contributed by atoms with Gasteiger partial charge in [0.1, 0.15) is 0 Å². The van der Waals surface area contributed by atoms with Crippen LogP contribution in [0.3, 0.4) is 0 Å². The minimum Gasteiger partial charge on any atom is -0.595 e. The quantitative estimate of drug-likeness (QED) is 0.695. The summed E-state index contributed by atoms with van der Waals surface area (Å²) in [5, 5.41) is 18.3. The second-order valence-corrected chi connectivity index (χ2v) is 3.14. The molecule has 60 valence electrons. The molecule has 1 aromatic carbocycles. The van der Waals surface area contributed by atoms with Gasteiger partial charge in [0.25, 0.3) is 0 Å². The molecule has 0 fully saturated rings. The highest BCUT2D eigenvalue weighted by Crippen LogP contribution is 2.19. The molecule has 0 bridgehead atoms. The highest BCUT2D eigenvalue weighted by molar-refractivity contribution is 9.10. The molecule has 11 heavy (non-hydrogen) atoms. The number of nitrogens with one attached hydrogen (secondary N) is 1. The molecule has 2 N–H and O–H groups in total. The lowest BCUT2D eigenvalue weighted by molar-refractivity contribution is -0.991. The third kappa shape index (κ3) is 2.00. The standard InChI is InChI=1S/C7H8BrNO2/c1-5-2-3-6(8)7(4-5)9(10)11/h2-4,9-10H,1H3. The number of hydrogen-bond acceptors (Lipinski definition) is 2. The smallest absolute Gasteiger partial charge is 0.178 e. The van der Waals surface area contributed by atoms with Crippen LogP contribution < -0.4 is 5.23 Å². The molecule has 0 amide bonds. The third-order valence-corrected chi connectivity index (χ3v) is 2.04. The van der Waals surface area contributed by atoms with E-state index in [1.165, 1.54) is 0 Å². The molecule has 4 heteroatoms. The van der Waals surface area contributed by atoms with Gasteiger partial charge in [0, 0.05) is 6.07 Å². The predicted molar refractivity (Wildman–Crippen MR) is 44.7 cm³/mol. The van der Waals surface area contributed by atoms with Crippen LogP contribution in [0, 0.1) is 12.1 Å². The van der Waals surface area contributed by atoms with Crippen molar-refractivity contribution >= 4 is 21.6 Å². The first-order chi connectivity index (χ1) is 5.11. The van der Waals surface area contributed by atoms with Gasteiger partial charge >= 0.3 is 0 Å². The van der Waals surface area contributed by atoms with Crippen molar-refractivity contribution in [2.45, 2.75) is 6.92 Å². The minimum atomic E-state index is -0.902. The molecule has 0 radical (unpaired) electrons. The van der Waals surface area contributed by atoms with Crippen molar-refractivity contribution < 1.29 is 10.4 Å². The van der Waals surface area contributed by atoms with Gasteiger partial charge in [-0.15, -0.1) is 0 Å². The van der Waals surface area contributed by atoms with Gasteiger partial charge in [-0.1, -0.05) is 6.07 Å². The number of benzene rings is 1. The van der Waals surface area contributed by atoms with Gasteiger partial charge in [0.05, 0.1) is 4.47 Å². The predicted octanol–water partition coefficient (Wildman–Crippen LogP) is 1.16. The fourth-order valence-electron chi connectivity index (χ4n) is 0.803. The van der Waals surface area contributed by atoms with Crippen LogP contribution in [0.2, 0.25) is 0 Å². The van der Waals surface area contributed by atoms with Crippen LogP contribution in [0.5, 0.6) is 0 Å². The first kappa shape index (κ1) is 8.67. The summed E-state index contributed by atoms with van der Waals surface area (Å²) in [4.78, 5) is 0. The highest BCUT2D eigenvalue weighted by Gasteiger charge is 2.05. The van der Waals surface area contributed by atoms with Gasteiger partial charge in [-0.25, -0.2) is 5.21 Å². The highest BCUT2D eigenvalue weighted by atomic mass is 79.9. The Morgan fingerprint density at radius 1 is 1.55 bits per heavy atom. The molecule has 0 aliphatic heterocycles. The summed E-state index contributed by atoms with van der Waals surface area (Å²) >= 11 is 3.15. The van der Waals surface area contributed by atoms with E-state index in [4.69, 9.17) is 5.21 Å². The molecule has 0 aliphatic carbocycles. The maximum absolute atomic E-state index is 10.5. The molecular formula is C7H8BrNO2. The SMILES string of the molecule is Cc1ccc(Br)c([NH+]([O-])O)c1. The van der Waals surface area contributed by atoms with Crippen molar-refractivity contribution in [3.8, 4) is 0 Å². The maximum atomic E-state index is 10.5. The van der Waals surface area contributed by atoms with Crippen molar-refractivity contribution in [1.82, 2.24) is 0 Å². The third-order valence-electron chi connectivity index (χ3n) is 1.35. The lowest BCUT2D eigenvalue weighted by atomic mass is 10.2. The summed E-state index contributed by atoms with van der Waals surface area (Å²) in [6.45, 7) is 1.86. The Kier molecular flexibility index (Phi) is 2.62. The van der Waals surface area contributed by atoms with Gasteiger partial charge in [0.15, 0.2) is 5.69 Å². The zero-order chi connectivity index (χ0) is 8.43. The number of hydrogen-bond donors (Lipinski definition) is 2. The Balaban J connectivity index is 3.13. The van der Waals surface area contributed by atoms with Crippen molar-refractivity contribution in [3.05, 3.63) is 33.4 Å². The zero-order valence-corrected chi connectivity index (χ0v) is 7.55. The average molecular weight is 218 g/mol. The molecule has 3 nitrogen and oxygen atoms in total. The number of rotatable bonds is 1. The van der Waals surface area contributed by atoms with Gasteiger partial charge < -0.3 is 5.21 Å². The lowest BCUT2D eigenvalue weighted by Crippen LogP contribution is -2.99. The summed E-state index contributed by atoms with van der Waals surface area (Å²) in [6.07, 6.45) is 0. The van der Waals surface area contributed by atoms with Crippen LogP contribution in [-0.2, 0) is 0 Å². The zero-order valence-electron chi connectivity index (χ0n) is 5.97. The monoisotopic (exact) mass is 217 g/mol. The minimum absolute atomic E-state index is 0.310. The van der Waals surface area contributed by atoms with Gasteiger partial charge in [-0.3, -0.25) is 0 Å². The summed E-state index contributed by atoms with van der Waals surface area (Å²) in [7, 11) is 0. The van der Waals surface area contributed by atoms with Crippen molar-refractivity contribution in [1.29, 1.82) is 0 Å². The normalized spacial score (nSPS) is 13.1. The Labute approximate surface area is 72.9 Å². The number of aryl methyl sites for hydroxylation is 1. The van der Waals surface area contributed by atoms with E-state index in [1.54, 1.807) is 12.1 Å². The largest absolute Gasteiger partial charge is 0.595 e. The van der Waals surface area contributed by atoms with Crippen LogP contribution in [0.25, 0.3) is 0 Å². The lowest BCUT2D eigenvalue weighted by Gasteiger charge is -2.13. The summed E-state index contributed by atoms with van der Waals surface area (Å²) in [6, 6.07) is 5.22. The first-order valence-corrected chi connectivity index (χ1v) is 3.90. The van der Waals surface area contributed by atoms with Crippen molar-refractivity contribution in [2.75, 3.05) is 0 Å². The fraction of sp³-hybridized carbons (Fsp3) is 0.143. The molecule has 1 unspecified atom stereocenters. The molecule has 0 aliphatic rings. The van der Waals surface area contributed by atoms with E-state index in [9.17, 15) is 5.21 Å². The molecule has 1 atom stereocenters. The summed E-state index contributed by atoms with van der Waals surface area (Å²) in [5.41, 5.74) is 1.26. The molecule has 0 saturated carbocycles. The maximum Gasteiger partial charge on any atom is 0.178 e. The second-order valence-electron chi connectivity index (χ2n) is 2.29. The topological polar surface area (TPSA) is 47.7 Å². The fourth-order valence-corrected chi connectivity index (χ4v) is 1.22. The molecule has 1 aromatic rings. The number of halogens is 1. The van der Waals surface area contributed by atoms with E-state index in [0.29, 0.717) is 10.2 Å². The van der Waals surface area contributed by atoms with Crippen LogP contribution in [0.15, 0.2) is 22.7 Å². The van der Waals surface area contributed by atoms with Gasteiger partial charge in [-0.05, 0) is 34.5 Å². The Morgan fingerprint density at radius 2 is 2.18 bits per heavy atom.